The summed E-state index contributed by atoms with van der Waals surface area (Å²) in [5, 5.41) is 11.8. The summed E-state index contributed by atoms with van der Waals surface area (Å²) < 4.78 is 24.9. The molecule has 1 aliphatic heterocycles. The van der Waals surface area contributed by atoms with Gasteiger partial charge in [-0.2, -0.15) is 0 Å². The van der Waals surface area contributed by atoms with Gasteiger partial charge in [0.1, 0.15) is 18.3 Å². The van der Waals surface area contributed by atoms with Gasteiger partial charge in [0.05, 0.1) is 12.2 Å². The molecule has 3 atom stereocenters. The third kappa shape index (κ3) is 7.29. The monoisotopic (exact) mass is 432 g/mol. The molecular formula is C23H48O5Si. The summed E-state index contributed by atoms with van der Waals surface area (Å²) in [5.74, 6) is -0.0539. The number of rotatable bonds is 10. The van der Waals surface area contributed by atoms with Crippen LogP contribution in [0, 0.1) is 11.8 Å². The Morgan fingerprint density at radius 2 is 1.48 bits per heavy atom. The highest BCUT2D eigenvalue weighted by Gasteiger charge is 2.53. The number of methoxy groups -OCH3 is 1. The second-order valence-corrected chi connectivity index (χ2v) is 16.5. The average molecular weight is 433 g/mol. The second kappa shape index (κ2) is 9.66. The first-order valence-corrected chi connectivity index (χ1v) is 14.1. The summed E-state index contributed by atoms with van der Waals surface area (Å²) >= 11 is 0. The summed E-state index contributed by atoms with van der Waals surface area (Å²) in [7, 11) is -0.267. The van der Waals surface area contributed by atoms with Gasteiger partial charge in [0.2, 0.25) is 0 Å². The Morgan fingerprint density at radius 3 is 1.86 bits per heavy atom. The third-order valence-electron chi connectivity index (χ3n) is 6.24. The minimum Gasteiger partial charge on any atom is -0.414 e. The minimum atomic E-state index is -1.93. The van der Waals surface area contributed by atoms with E-state index in [1.807, 2.05) is 13.8 Å². The third-order valence-corrected chi connectivity index (χ3v) is 10.7. The molecule has 0 saturated carbocycles. The fraction of sp³-hybridized carbons (Fsp3) is 1.00. The van der Waals surface area contributed by atoms with E-state index >= 15 is 0 Å². The standard InChI is InChI=1S/C23H48O5Si/c1-16(2)13-23(24,14-17(3)4)20(25-10)19-18(27-22(8,9)28-19)15-26-29(11,12)21(5,6)7/h16-20,24H,13-15H2,1-12H3/t18-,19-,20+/m0/s1. The highest BCUT2D eigenvalue weighted by Crippen LogP contribution is 2.41. The normalized spacial score (nSPS) is 24.5. The highest BCUT2D eigenvalue weighted by molar-refractivity contribution is 6.74. The lowest BCUT2D eigenvalue weighted by Crippen LogP contribution is -2.56. The van der Waals surface area contributed by atoms with Gasteiger partial charge in [0.25, 0.3) is 0 Å². The number of hydrogen-bond acceptors (Lipinski definition) is 5. The molecule has 29 heavy (non-hydrogen) atoms. The van der Waals surface area contributed by atoms with Crippen molar-refractivity contribution in [3.63, 3.8) is 0 Å². The van der Waals surface area contributed by atoms with Crippen LogP contribution in [0.15, 0.2) is 0 Å². The molecule has 0 aliphatic carbocycles. The number of aliphatic hydroxyl groups is 1. The van der Waals surface area contributed by atoms with E-state index in [9.17, 15) is 5.11 Å². The van der Waals surface area contributed by atoms with Crippen molar-refractivity contribution < 1.29 is 23.7 Å². The van der Waals surface area contributed by atoms with Crippen LogP contribution >= 0.6 is 0 Å². The van der Waals surface area contributed by atoms with E-state index in [0.29, 0.717) is 31.3 Å². The van der Waals surface area contributed by atoms with Crippen molar-refractivity contribution in [1.82, 2.24) is 0 Å². The maximum atomic E-state index is 11.7. The molecule has 0 radical (unpaired) electrons. The molecule has 1 saturated heterocycles. The predicted molar refractivity (Wildman–Crippen MR) is 122 cm³/mol. The topological polar surface area (TPSA) is 57.2 Å². The summed E-state index contributed by atoms with van der Waals surface area (Å²) in [5.41, 5.74) is -0.985. The Morgan fingerprint density at radius 1 is 1.00 bits per heavy atom. The van der Waals surface area contributed by atoms with E-state index in [2.05, 4.69) is 61.6 Å². The molecule has 0 bridgehead atoms. The second-order valence-electron chi connectivity index (χ2n) is 11.7. The molecule has 0 unspecified atom stereocenters. The van der Waals surface area contributed by atoms with Crippen LogP contribution in [0.5, 0.6) is 0 Å². The van der Waals surface area contributed by atoms with Gasteiger partial charge in [-0.1, -0.05) is 48.5 Å². The van der Waals surface area contributed by atoms with Crippen LogP contribution in [0.2, 0.25) is 18.1 Å². The largest absolute Gasteiger partial charge is 0.414 e. The van der Waals surface area contributed by atoms with E-state index in [4.69, 9.17) is 18.6 Å². The number of hydrogen-bond donors (Lipinski definition) is 1. The SMILES string of the molecule is CO[C@H]([C@H]1OC(C)(C)O[C@H]1CO[Si](C)(C)C(C)(C)C)C(O)(CC(C)C)CC(C)C. The van der Waals surface area contributed by atoms with Gasteiger partial charge < -0.3 is 23.7 Å². The van der Waals surface area contributed by atoms with E-state index in [1.54, 1.807) is 7.11 Å². The van der Waals surface area contributed by atoms with Crippen molar-refractivity contribution in [2.45, 2.75) is 123 Å². The van der Waals surface area contributed by atoms with Crippen molar-refractivity contribution in [2.24, 2.45) is 11.8 Å². The van der Waals surface area contributed by atoms with Gasteiger partial charge in [-0.3, -0.25) is 0 Å². The fourth-order valence-electron chi connectivity index (χ4n) is 4.14. The zero-order valence-electron chi connectivity index (χ0n) is 21.1. The van der Waals surface area contributed by atoms with Crippen LogP contribution in [0.3, 0.4) is 0 Å². The summed E-state index contributed by atoms with van der Waals surface area (Å²) in [6.07, 6.45) is 0.152. The van der Waals surface area contributed by atoms with Crippen molar-refractivity contribution >= 4 is 8.32 Å². The van der Waals surface area contributed by atoms with Crippen molar-refractivity contribution in [3.8, 4) is 0 Å². The maximum Gasteiger partial charge on any atom is 0.192 e. The quantitative estimate of drug-likeness (QED) is 0.471. The minimum absolute atomic E-state index is 0.119. The molecule has 174 valence electrons. The Kier molecular flexibility index (Phi) is 9.01. The van der Waals surface area contributed by atoms with Gasteiger partial charge in [-0.15, -0.1) is 0 Å². The van der Waals surface area contributed by atoms with Crippen molar-refractivity contribution in [1.29, 1.82) is 0 Å². The molecule has 1 N–H and O–H groups in total. The first kappa shape index (κ1) is 27.1. The Hall–Kier alpha value is 0.0169. The molecule has 6 heteroatoms. The summed E-state index contributed by atoms with van der Waals surface area (Å²) in [6.45, 7) is 24.0. The van der Waals surface area contributed by atoms with Crippen LogP contribution in [0.4, 0.5) is 0 Å². The first-order valence-electron chi connectivity index (χ1n) is 11.2. The van der Waals surface area contributed by atoms with Crippen LogP contribution in [0.1, 0.15) is 75.2 Å². The molecule has 1 aliphatic rings. The molecule has 0 amide bonds. The maximum absolute atomic E-state index is 11.7. The van der Waals surface area contributed by atoms with Gasteiger partial charge in [-0.25, -0.2) is 0 Å². The summed E-state index contributed by atoms with van der Waals surface area (Å²) in [6, 6.07) is 0. The van der Waals surface area contributed by atoms with E-state index < -0.39 is 25.8 Å². The molecule has 5 nitrogen and oxygen atoms in total. The van der Waals surface area contributed by atoms with Crippen LogP contribution in [-0.2, 0) is 18.6 Å². The predicted octanol–water partition coefficient (Wildman–Crippen LogP) is 5.37. The Labute approximate surface area is 181 Å². The molecule has 0 spiro atoms. The molecule has 1 rings (SSSR count). The lowest BCUT2D eigenvalue weighted by Gasteiger charge is -2.42. The molecule has 1 heterocycles. The molecule has 1 fully saturated rings. The molecular weight excluding hydrogens is 384 g/mol. The molecule has 0 aromatic rings. The average Bonchev–Trinajstić information content (AvgIpc) is 2.77. The van der Waals surface area contributed by atoms with Gasteiger partial charge >= 0.3 is 0 Å². The Bertz CT molecular complexity index is 500. The van der Waals surface area contributed by atoms with Crippen LogP contribution in [-0.4, -0.2) is 56.8 Å². The zero-order valence-corrected chi connectivity index (χ0v) is 22.1. The van der Waals surface area contributed by atoms with Crippen molar-refractivity contribution in [2.75, 3.05) is 13.7 Å². The molecule has 0 aromatic heterocycles. The lowest BCUT2D eigenvalue weighted by atomic mass is 9.78. The van der Waals surface area contributed by atoms with Crippen LogP contribution < -0.4 is 0 Å². The van der Waals surface area contributed by atoms with E-state index in [1.165, 1.54) is 0 Å². The van der Waals surface area contributed by atoms with E-state index in [-0.39, 0.29) is 17.2 Å². The smallest absolute Gasteiger partial charge is 0.192 e. The lowest BCUT2D eigenvalue weighted by molar-refractivity contribution is -0.191. The van der Waals surface area contributed by atoms with Gasteiger partial charge in [-0.05, 0) is 56.7 Å². The summed E-state index contributed by atoms with van der Waals surface area (Å²) in [4.78, 5) is 0. The van der Waals surface area contributed by atoms with Gasteiger partial charge in [0, 0.05) is 7.11 Å². The fourth-order valence-corrected chi connectivity index (χ4v) is 5.16. The van der Waals surface area contributed by atoms with Crippen molar-refractivity contribution in [3.05, 3.63) is 0 Å². The zero-order chi connectivity index (χ0) is 22.8. The van der Waals surface area contributed by atoms with Gasteiger partial charge in [0.15, 0.2) is 14.1 Å². The van der Waals surface area contributed by atoms with Crippen LogP contribution in [0.25, 0.3) is 0 Å². The van der Waals surface area contributed by atoms with E-state index in [0.717, 1.165) is 0 Å². The number of ether oxygens (including phenoxy) is 3. The molecule has 0 aromatic carbocycles. The Balaban J connectivity index is 3.15. The highest BCUT2D eigenvalue weighted by atomic mass is 28.4. The first-order chi connectivity index (χ1) is 12.9.